The van der Waals surface area contributed by atoms with Gasteiger partial charge in [-0.2, -0.15) is 15.2 Å². The number of thiazole rings is 1. The molecule has 1 unspecified atom stereocenters. The largest absolute Gasteiger partial charge is 0.461 e. The number of ether oxygens (including phenoxy) is 1. The van der Waals surface area contributed by atoms with Crippen LogP contribution in [0.1, 0.15) is 25.7 Å². The molecule has 3 atom stereocenters. The maximum absolute atomic E-state index is 16.6. The third-order valence-corrected chi connectivity index (χ3v) is 10.0. The quantitative estimate of drug-likeness (QED) is 0.249. The van der Waals surface area contributed by atoms with E-state index in [1.54, 1.807) is 17.6 Å². The van der Waals surface area contributed by atoms with Crippen molar-refractivity contribution in [2.75, 3.05) is 44.2 Å². The summed E-state index contributed by atoms with van der Waals surface area (Å²) in [5.41, 5.74) is 2.94. The van der Waals surface area contributed by atoms with Crippen LogP contribution >= 0.6 is 11.3 Å². The molecule has 3 aliphatic rings. The average Bonchev–Trinajstić information content (AvgIpc) is 3.74. The number of amides is 1. The zero-order chi connectivity index (χ0) is 31.3. The van der Waals surface area contributed by atoms with Crippen LogP contribution in [-0.2, 0) is 4.79 Å². The summed E-state index contributed by atoms with van der Waals surface area (Å²) >= 11 is 1.47. The number of para-hydroxylation sites is 1. The van der Waals surface area contributed by atoms with Gasteiger partial charge < -0.3 is 14.5 Å². The van der Waals surface area contributed by atoms with Crippen molar-refractivity contribution in [2.45, 2.75) is 43.4 Å². The van der Waals surface area contributed by atoms with Crippen molar-refractivity contribution in [2.24, 2.45) is 0 Å². The van der Waals surface area contributed by atoms with Crippen LogP contribution in [0.3, 0.4) is 0 Å². The maximum Gasteiger partial charge on any atom is 0.319 e. The van der Waals surface area contributed by atoms with Gasteiger partial charge in [0.2, 0.25) is 0 Å². The summed E-state index contributed by atoms with van der Waals surface area (Å²) in [4.78, 5) is 31.5. The Hall–Kier alpha value is -4.28. The van der Waals surface area contributed by atoms with Gasteiger partial charge in [0.25, 0.3) is 5.91 Å². The van der Waals surface area contributed by atoms with E-state index in [9.17, 15) is 18.8 Å². The van der Waals surface area contributed by atoms with Crippen molar-refractivity contribution >= 4 is 44.2 Å². The summed E-state index contributed by atoms with van der Waals surface area (Å²) in [7, 11) is 0. The standard InChI is InChI=1S/C32H30F3N7O2S/c1-19(33)30(43)42-13-12-40(16-21(42)8-10-36)29-24-7-6-22(23-4-2-5-25-27(23)37-18-45-25)26(35)28(24)38-31(39-29)44-17-32-9-3-11-41(32)15-20(34)14-32/h2,4-7,18,20-21H,1,3,8-9,11-17H2/t20-,21+,32?/m1/s1. The molecule has 7 rings (SSSR count). The summed E-state index contributed by atoms with van der Waals surface area (Å²) in [5.74, 6) is -2.15. The molecule has 4 aromatic rings. The van der Waals surface area contributed by atoms with Gasteiger partial charge in [-0.25, -0.2) is 18.2 Å². The molecule has 0 saturated carbocycles. The maximum atomic E-state index is 16.6. The van der Waals surface area contributed by atoms with Crippen molar-refractivity contribution in [1.29, 1.82) is 5.26 Å². The van der Waals surface area contributed by atoms with Gasteiger partial charge in [-0.15, -0.1) is 11.3 Å². The lowest BCUT2D eigenvalue weighted by molar-refractivity contribution is -0.131. The van der Waals surface area contributed by atoms with Crippen molar-refractivity contribution in [3.8, 4) is 23.2 Å². The Morgan fingerprint density at radius 1 is 1.16 bits per heavy atom. The molecule has 0 bridgehead atoms. The zero-order valence-corrected chi connectivity index (χ0v) is 25.2. The van der Waals surface area contributed by atoms with Crippen molar-refractivity contribution in [1.82, 2.24) is 24.8 Å². The number of hydrogen-bond acceptors (Lipinski definition) is 9. The number of carbonyl (C=O) groups excluding carboxylic acids is 1. The highest BCUT2D eigenvalue weighted by atomic mass is 32.1. The summed E-state index contributed by atoms with van der Waals surface area (Å²) in [6.45, 7) is 4.96. The van der Waals surface area contributed by atoms with Crippen molar-refractivity contribution in [3.05, 3.63) is 54.1 Å². The number of aromatic nitrogens is 3. The normalized spacial score (nSPS) is 23.4. The van der Waals surface area contributed by atoms with Crippen LogP contribution in [0.5, 0.6) is 6.01 Å². The fraction of sp³-hybridized carbons (Fsp3) is 0.406. The fourth-order valence-corrected chi connectivity index (χ4v) is 7.84. The number of hydrogen-bond donors (Lipinski definition) is 0. The van der Waals surface area contributed by atoms with Gasteiger partial charge in [0.1, 0.15) is 24.1 Å². The predicted molar refractivity (Wildman–Crippen MR) is 165 cm³/mol. The molecule has 0 aliphatic carbocycles. The zero-order valence-electron chi connectivity index (χ0n) is 24.4. The summed E-state index contributed by atoms with van der Waals surface area (Å²) in [5, 5.41) is 9.90. The Kier molecular flexibility index (Phi) is 7.57. The van der Waals surface area contributed by atoms with Gasteiger partial charge in [-0.1, -0.05) is 24.8 Å². The number of nitriles is 1. The first kappa shape index (κ1) is 29.4. The number of halogens is 3. The third-order valence-electron chi connectivity index (χ3n) is 9.25. The van der Waals surface area contributed by atoms with Gasteiger partial charge in [-0.3, -0.25) is 9.69 Å². The molecule has 3 fully saturated rings. The highest BCUT2D eigenvalue weighted by molar-refractivity contribution is 7.16. The van der Waals surface area contributed by atoms with Gasteiger partial charge in [-0.05, 0) is 31.5 Å². The Morgan fingerprint density at radius 3 is 2.84 bits per heavy atom. The van der Waals surface area contributed by atoms with Gasteiger partial charge in [0.05, 0.1) is 39.8 Å². The smallest absolute Gasteiger partial charge is 0.319 e. The lowest BCUT2D eigenvalue weighted by Gasteiger charge is -2.41. The topological polar surface area (TPSA) is 98.5 Å². The van der Waals surface area contributed by atoms with E-state index in [1.807, 2.05) is 23.1 Å². The molecule has 5 heterocycles. The first-order valence-electron chi connectivity index (χ1n) is 14.9. The molecule has 2 aromatic heterocycles. The monoisotopic (exact) mass is 633 g/mol. The Labute approximate surface area is 261 Å². The number of benzene rings is 2. The van der Waals surface area contributed by atoms with E-state index in [-0.39, 0.29) is 44.2 Å². The molecule has 2 aromatic carbocycles. The number of nitrogens with zero attached hydrogens (tertiary/aromatic N) is 7. The number of carbonyl (C=O) groups is 1. The van der Waals surface area contributed by atoms with E-state index in [0.717, 1.165) is 24.1 Å². The minimum absolute atomic E-state index is 0.0409. The molecule has 45 heavy (non-hydrogen) atoms. The van der Waals surface area contributed by atoms with Crippen molar-refractivity contribution in [3.63, 3.8) is 0 Å². The van der Waals surface area contributed by atoms with Crippen molar-refractivity contribution < 1.29 is 22.7 Å². The molecule has 0 spiro atoms. The highest BCUT2D eigenvalue weighted by Gasteiger charge is 2.49. The lowest BCUT2D eigenvalue weighted by atomic mass is 9.95. The highest BCUT2D eigenvalue weighted by Crippen LogP contribution is 2.41. The first-order chi connectivity index (χ1) is 21.8. The van der Waals surface area contributed by atoms with Crippen LogP contribution in [-0.4, -0.2) is 87.7 Å². The van der Waals surface area contributed by atoms with Gasteiger partial charge in [0, 0.05) is 49.1 Å². The molecular formula is C32H30F3N7O2S. The number of fused-ring (bicyclic) bond motifs is 3. The van der Waals surface area contributed by atoms with Crippen LogP contribution in [0.4, 0.5) is 19.0 Å². The molecule has 3 aliphatic heterocycles. The van der Waals surface area contributed by atoms with Crippen LogP contribution < -0.4 is 9.64 Å². The minimum Gasteiger partial charge on any atom is -0.461 e. The predicted octanol–water partition coefficient (Wildman–Crippen LogP) is 5.41. The van der Waals surface area contributed by atoms with Crippen LogP contribution in [0.25, 0.3) is 32.2 Å². The summed E-state index contributed by atoms with van der Waals surface area (Å²) in [6, 6.07) is 10.4. The molecule has 9 nitrogen and oxygen atoms in total. The molecule has 13 heteroatoms. The summed E-state index contributed by atoms with van der Waals surface area (Å²) < 4.78 is 52.0. The third kappa shape index (κ3) is 5.15. The molecular weight excluding hydrogens is 603 g/mol. The number of anilines is 1. The van der Waals surface area contributed by atoms with E-state index < -0.39 is 35.3 Å². The SMILES string of the molecule is C=C(F)C(=O)N1CCN(c2nc(OCC34CCCN3C[C@H](F)C4)nc3c(F)c(-c4cccc5scnc45)ccc23)C[C@@H]1CC#N. The molecule has 0 N–H and O–H groups in total. The molecule has 0 radical (unpaired) electrons. The van der Waals surface area contributed by atoms with Crippen LogP contribution in [0.15, 0.2) is 48.2 Å². The first-order valence-corrected chi connectivity index (χ1v) is 15.8. The Bertz CT molecular complexity index is 1860. The fourth-order valence-electron chi connectivity index (χ4n) is 7.14. The number of alkyl halides is 1. The average molecular weight is 634 g/mol. The second kappa shape index (κ2) is 11.6. The summed E-state index contributed by atoms with van der Waals surface area (Å²) in [6.07, 6.45) is 1.10. The van der Waals surface area contributed by atoms with Crippen LogP contribution in [0.2, 0.25) is 0 Å². The second-order valence-electron chi connectivity index (χ2n) is 11.9. The number of rotatable bonds is 7. The van der Waals surface area contributed by atoms with Gasteiger partial charge >= 0.3 is 6.01 Å². The van der Waals surface area contributed by atoms with Crippen LogP contribution in [0, 0.1) is 17.1 Å². The van der Waals surface area contributed by atoms with Gasteiger partial charge in [0.15, 0.2) is 11.6 Å². The van der Waals surface area contributed by atoms with E-state index in [4.69, 9.17) is 9.72 Å². The Morgan fingerprint density at radius 2 is 2.02 bits per heavy atom. The Balaban J connectivity index is 1.30. The minimum atomic E-state index is -1.10. The number of piperazine rings is 1. The molecule has 3 saturated heterocycles. The van der Waals surface area contributed by atoms with E-state index in [2.05, 4.69) is 27.5 Å². The van der Waals surface area contributed by atoms with E-state index in [0.29, 0.717) is 40.8 Å². The second-order valence-corrected chi connectivity index (χ2v) is 12.8. The van der Waals surface area contributed by atoms with E-state index in [1.165, 1.54) is 16.2 Å². The lowest BCUT2D eigenvalue weighted by Crippen LogP contribution is -2.55. The van der Waals surface area contributed by atoms with E-state index >= 15 is 4.39 Å². The molecule has 232 valence electrons. The molecule has 1 amide bonds.